The third kappa shape index (κ3) is 3.40. The zero-order chi connectivity index (χ0) is 15.7. The van der Waals surface area contributed by atoms with Crippen LogP contribution in [0, 0.1) is 0 Å². The first-order valence-electron chi connectivity index (χ1n) is 6.54. The number of carboxylic acids is 1. The normalized spacial score (nSPS) is 19.9. The molecule has 0 fully saturated rings. The van der Waals surface area contributed by atoms with E-state index in [2.05, 4.69) is 33.9 Å². The third-order valence-electron chi connectivity index (χ3n) is 4.14. The standard InChI is InChI=1S/C13H23NO5Si/c1-13(2,3)20(4,5)19-8-10-9(11(15)16)6-7-14(10)12(17)18/h6,10H,7-8H2,1-5H3,(H,15,16)(H,17,18)/t10-/m1/s1. The minimum Gasteiger partial charge on any atom is -0.478 e. The van der Waals surface area contributed by atoms with Gasteiger partial charge in [-0.05, 0) is 18.1 Å². The van der Waals surface area contributed by atoms with E-state index in [1.807, 2.05) is 0 Å². The van der Waals surface area contributed by atoms with Crippen LogP contribution in [0.5, 0.6) is 0 Å². The van der Waals surface area contributed by atoms with Crippen LogP contribution in [-0.2, 0) is 9.22 Å². The molecule has 0 unspecified atom stereocenters. The van der Waals surface area contributed by atoms with Crippen LogP contribution in [0.15, 0.2) is 11.6 Å². The summed E-state index contributed by atoms with van der Waals surface area (Å²) in [6.07, 6.45) is 0.317. The van der Waals surface area contributed by atoms with Crippen LogP contribution in [0.1, 0.15) is 20.8 Å². The highest BCUT2D eigenvalue weighted by Gasteiger charge is 2.41. The van der Waals surface area contributed by atoms with Gasteiger partial charge in [0.25, 0.3) is 0 Å². The first-order chi connectivity index (χ1) is 8.97. The van der Waals surface area contributed by atoms with Crippen molar-refractivity contribution in [2.75, 3.05) is 13.2 Å². The van der Waals surface area contributed by atoms with Crippen molar-refractivity contribution < 1.29 is 24.2 Å². The van der Waals surface area contributed by atoms with Gasteiger partial charge in [-0.15, -0.1) is 0 Å². The lowest BCUT2D eigenvalue weighted by atomic mass is 10.1. The zero-order valence-corrected chi connectivity index (χ0v) is 13.6. The second kappa shape index (κ2) is 5.57. The molecule has 20 heavy (non-hydrogen) atoms. The largest absolute Gasteiger partial charge is 0.478 e. The van der Waals surface area contributed by atoms with Crippen molar-refractivity contribution in [3.05, 3.63) is 11.6 Å². The molecule has 2 N–H and O–H groups in total. The van der Waals surface area contributed by atoms with Gasteiger partial charge in [-0.3, -0.25) is 4.90 Å². The second-order valence-electron chi connectivity index (χ2n) is 6.49. The molecule has 1 aliphatic rings. The van der Waals surface area contributed by atoms with Gasteiger partial charge in [0.05, 0.1) is 18.2 Å². The van der Waals surface area contributed by atoms with E-state index in [4.69, 9.17) is 14.6 Å². The second-order valence-corrected chi connectivity index (χ2v) is 11.3. The van der Waals surface area contributed by atoms with Gasteiger partial charge in [0.1, 0.15) is 0 Å². The van der Waals surface area contributed by atoms with Gasteiger partial charge in [-0.2, -0.15) is 0 Å². The molecule has 0 aromatic carbocycles. The number of aliphatic carboxylic acids is 1. The maximum absolute atomic E-state index is 11.2. The molecule has 0 radical (unpaired) electrons. The number of nitrogens with zero attached hydrogens (tertiary/aromatic N) is 1. The number of rotatable bonds is 4. The predicted molar refractivity (Wildman–Crippen MR) is 77.4 cm³/mol. The van der Waals surface area contributed by atoms with Crippen LogP contribution in [-0.4, -0.2) is 54.7 Å². The average molecular weight is 301 g/mol. The van der Waals surface area contributed by atoms with Crippen molar-refractivity contribution in [1.82, 2.24) is 4.90 Å². The first-order valence-corrected chi connectivity index (χ1v) is 9.45. The van der Waals surface area contributed by atoms with Crippen molar-refractivity contribution in [2.45, 2.75) is 44.9 Å². The summed E-state index contributed by atoms with van der Waals surface area (Å²) in [6.45, 7) is 10.5. The minimum absolute atomic E-state index is 0.00718. The summed E-state index contributed by atoms with van der Waals surface area (Å²) in [5.74, 6) is -1.09. The highest BCUT2D eigenvalue weighted by molar-refractivity contribution is 6.74. The van der Waals surface area contributed by atoms with Crippen molar-refractivity contribution in [3.8, 4) is 0 Å². The number of amides is 1. The van der Waals surface area contributed by atoms with Gasteiger partial charge < -0.3 is 14.6 Å². The Labute approximate surface area is 120 Å². The maximum atomic E-state index is 11.2. The van der Waals surface area contributed by atoms with E-state index < -0.39 is 26.4 Å². The molecule has 0 saturated heterocycles. The van der Waals surface area contributed by atoms with Crippen molar-refractivity contribution in [2.24, 2.45) is 0 Å². The highest BCUT2D eigenvalue weighted by atomic mass is 28.4. The maximum Gasteiger partial charge on any atom is 0.408 e. The molecular weight excluding hydrogens is 278 g/mol. The van der Waals surface area contributed by atoms with Crippen LogP contribution < -0.4 is 0 Å². The van der Waals surface area contributed by atoms with Gasteiger partial charge in [0, 0.05) is 6.54 Å². The smallest absolute Gasteiger partial charge is 0.408 e. The summed E-state index contributed by atoms with van der Waals surface area (Å²) in [5.41, 5.74) is 0.103. The molecule has 1 amide bonds. The van der Waals surface area contributed by atoms with Gasteiger partial charge in [0.15, 0.2) is 8.32 Å². The van der Waals surface area contributed by atoms with Gasteiger partial charge in [0.2, 0.25) is 0 Å². The van der Waals surface area contributed by atoms with Crippen LogP contribution in [0.4, 0.5) is 4.79 Å². The van der Waals surface area contributed by atoms with Crippen LogP contribution >= 0.6 is 0 Å². The molecule has 6 nitrogen and oxygen atoms in total. The Morgan fingerprint density at radius 3 is 2.35 bits per heavy atom. The molecule has 114 valence electrons. The van der Waals surface area contributed by atoms with Crippen LogP contribution in [0.3, 0.4) is 0 Å². The quantitative estimate of drug-likeness (QED) is 0.778. The molecule has 1 heterocycles. The molecule has 1 rings (SSSR count). The Bertz CT molecular complexity index is 439. The lowest BCUT2D eigenvalue weighted by Gasteiger charge is -2.37. The predicted octanol–water partition coefficient (Wildman–Crippen LogP) is 2.38. The lowest BCUT2D eigenvalue weighted by molar-refractivity contribution is -0.133. The van der Waals surface area contributed by atoms with Crippen molar-refractivity contribution in [1.29, 1.82) is 0 Å². The van der Waals surface area contributed by atoms with Gasteiger partial charge in [-0.1, -0.05) is 26.8 Å². The molecule has 0 aliphatic carbocycles. The number of hydrogen-bond acceptors (Lipinski definition) is 3. The topological polar surface area (TPSA) is 87.1 Å². The summed E-state index contributed by atoms with van der Waals surface area (Å²) in [4.78, 5) is 23.4. The van der Waals surface area contributed by atoms with Gasteiger partial charge in [-0.25, -0.2) is 9.59 Å². The number of carboxylic acid groups (broad SMARTS) is 2. The summed E-state index contributed by atoms with van der Waals surface area (Å²) in [7, 11) is -2.04. The molecule has 1 atom stereocenters. The third-order valence-corrected chi connectivity index (χ3v) is 8.64. The Kier molecular flexibility index (Phi) is 4.65. The molecule has 1 aliphatic heterocycles. The highest BCUT2D eigenvalue weighted by Crippen LogP contribution is 2.37. The lowest BCUT2D eigenvalue weighted by Crippen LogP contribution is -2.47. The molecule has 0 bridgehead atoms. The van der Waals surface area contributed by atoms with Crippen LogP contribution in [0.2, 0.25) is 18.1 Å². The minimum atomic E-state index is -2.04. The van der Waals surface area contributed by atoms with E-state index in [0.29, 0.717) is 0 Å². The van der Waals surface area contributed by atoms with E-state index in [1.165, 1.54) is 6.08 Å². The summed E-state index contributed by atoms with van der Waals surface area (Å²) in [5, 5.41) is 18.3. The first kappa shape index (κ1) is 16.7. The SMILES string of the molecule is CC(C)(C)[Si](C)(C)OC[C@@H]1C(C(=O)O)=CCN1C(=O)O. The Morgan fingerprint density at radius 2 is 1.95 bits per heavy atom. The Hall–Kier alpha value is -1.34. The van der Waals surface area contributed by atoms with E-state index in [-0.39, 0.29) is 23.8 Å². The zero-order valence-electron chi connectivity index (χ0n) is 12.6. The average Bonchev–Trinajstić information content (AvgIpc) is 2.68. The summed E-state index contributed by atoms with van der Waals surface area (Å²) >= 11 is 0. The Morgan fingerprint density at radius 1 is 1.40 bits per heavy atom. The fourth-order valence-corrected chi connectivity index (χ4v) is 2.76. The molecule has 0 spiro atoms. The van der Waals surface area contributed by atoms with Gasteiger partial charge >= 0.3 is 12.1 Å². The monoisotopic (exact) mass is 301 g/mol. The molecule has 0 aromatic heterocycles. The van der Waals surface area contributed by atoms with E-state index >= 15 is 0 Å². The van der Waals surface area contributed by atoms with E-state index in [0.717, 1.165) is 4.90 Å². The van der Waals surface area contributed by atoms with Crippen LogP contribution in [0.25, 0.3) is 0 Å². The molecular formula is C13H23NO5Si. The number of carbonyl (C=O) groups is 2. The molecule has 0 saturated carbocycles. The molecule has 7 heteroatoms. The van der Waals surface area contributed by atoms with E-state index in [9.17, 15) is 9.59 Å². The fraction of sp³-hybridized carbons (Fsp3) is 0.692. The Balaban J connectivity index is 2.84. The summed E-state index contributed by atoms with van der Waals surface area (Å²) in [6, 6.07) is -0.723. The van der Waals surface area contributed by atoms with E-state index in [1.54, 1.807) is 0 Å². The van der Waals surface area contributed by atoms with Crippen molar-refractivity contribution in [3.63, 3.8) is 0 Å². The molecule has 0 aromatic rings. The summed E-state index contributed by atoms with van der Waals surface area (Å²) < 4.78 is 5.97. The fourth-order valence-electron chi connectivity index (χ4n) is 1.75. The van der Waals surface area contributed by atoms with Crippen molar-refractivity contribution >= 4 is 20.4 Å². The number of hydrogen-bond donors (Lipinski definition) is 2.